The number of hydrogen-bond donors (Lipinski definition) is 1. The second-order valence-corrected chi connectivity index (χ2v) is 8.36. The Morgan fingerprint density at radius 3 is 2.00 bits per heavy atom. The molecular weight excluding hydrogens is 358 g/mol. The third kappa shape index (κ3) is 7.51. The summed E-state index contributed by atoms with van der Waals surface area (Å²) < 4.78 is 5.48. The molecule has 0 bridgehead atoms. The van der Waals surface area contributed by atoms with Crippen LogP contribution in [0.1, 0.15) is 53.9 Å². The number of amides is 2. The Kier molecular flexibility index (Phi) is 12.2. The lowest BCUT2D eigenvalue weighted by molar-refractivity contribution is -0.142. The van der Waals surface area contributed by atoms with E-state index in [2.05, 4.69) is 5.32 Å². The molecule has 1 N–H and O–H groups in total. The highest BCUT2D eigenvalue weighted by molar-refractivity contribution is 5.90. The summed E-state index contributed by atoms with van der Waals surface area (Å²) in [5.74, 6) is -0.253. The van der Waals surface area contributed by atoms with Gasteiger partial charge in [-0.15, -0.1) is 0 Å². The van der Waals surface area contributed by atoms with Crippen molar-refractivity contribution in [2.75, 3.05) is 28.3 Å². The first-order valence-electron chi connectivity index (χ1n) is 10.2. The Morgan fingerprint density at radius 2 is 1.64 bits per heavy atom. The van der Waals surface area contributed by atoms with Crippen molar-refractivity contribution in [2.45, 2.75) is 78.1 Å². The van der Waals surface area contributed by atoms with Gasteiger partial charge in [-0.1, -0.05) is 41.0 Å². The maximum absolute atomic E-state index is 13.3. The standard InChI is InChI=1S/C21H41N3O4/c1-10-11-16(17(28-9)12-13-25)24(8)21(27)18(14(2)3)22-20(26)19(15(4)5)23(6)7/h13-19H,10-12H2,1-9H3,(H,22,26). The van der Waals surface area contributed by atoms with Crippen LogP contribution >= 0.6 is 0 Å². The summed E-state index contributed by atoms with van der Waals surface area (Å²) in [7, 11) is 7.01. The number of likely N-dealkylation sites (N-methyl/N-ethyl adjacent to an activating group) is 2. The minimum absolute atomic E-state index is 0.0665. The molecule has 0 radical (unpaired) electrons. The number of carbonyl (C=O) groups excluding carboxylic acids is 3. The van der Waals surface area contributed by atoms with E-state index in [0.29, 0.717) is 0 Å². The lowest BCUT2D eigenvalue weighted by Gasteiger charge is -2.37. The number of nitrogens with zero attached hydrogens (tertiary/aromatic N) is 2. The first-order chi connectivity index (χ1) is 13.0. The van der Waals surface area contributed by atoms with Crippen LogP contribution in [0.15, 0.2) is 0 Å². The van der Waals surface area contributed by atoms with Crippen molar-refractivity contribution in [3.63, 3.8) is 0 Å². The Labute approximate surface area is 171 Å². The van der Waals surface area contributed by atoms with Gasteiger partial charge in [0.1, 0.15) is 12.3 Å². The molecule has 0 aliphatic heterocycles. The topological polar surface area (TPSA) is 79.0 Å². The van der Waals surface area contributed by atoms with E-state index < -0.39 is 6.04 Å². The number of aldehydes is 1. The third-order valence-electron chi connectivity index (χ3n) is 5.18. The second-order valence-electron chi connectivity index (χ2n) is 8.36. The Bertz CT molecular complexity index is 486. The van der Waals surface area contributed by atoms with Crippen molar-refractivity contribution < 1.29 is 19.1 Å². The highest BCUT2D eigenvalue weighted by Gasteiger charge is 2.35. The largest absolute Gasteiger partial charge is 0.379 e. The molecule has 0 aliphatic rings. The summed E-state index contributed by atoms with van der Waals surface area (Å²) >= 11 is 0. The number of methoxy groups -OCH3 is 1. The summed E-state index contributed by atoms with van der Waals surface area (Å²) in [6.45, 7) is 9.85. The summed E-state index contributed by atoms with van der Waals surface area (Å²) in [4.78, 5) is 40.7. The molecule has 0 saturated carbocycles. The third-order valence-corrected chi connectivity index (χ3v) is 5.18. The van der Waals surface area contributed by atoms with E-state index in [1.165, 1.54) is 0 Å². The normalized spacial score (nSPS) is 16.0. The minimum atomic E-state index is -0.633. The van der Waals surface area contributed by atoms with Crippen molar-refractivity contribution in [1.82, 2.24) is 15.1 Å². The van der Waals surface area contributed by atoms with Gasteiger partial charge in [0.25, 0.3) is 0 Å². The van der Waals surface area contributed by atoms with E-state index in [4.69, 9.17) is 4.74 Å². The van der Waals surface area contributed by atoms with E-state index in [0.717, 1.165) is 19.1 Å². The van der Waals surface area contributed by atoms with Crippen LogP contribution in [0, 0.1) is 11.8 Å². The first-order valence-corrected chi connectivity index (χ1v) is 10.2. The van der Waals surface area contributed by atoms with Crippen LogP contribution in [-0.4, -0.2) is 80.4 Å². The molecule has 28 heavy (non-hydrogen) atoms. The fourth-order valence-electron chi connectivity index (χ4n) is 3.70. The Balaban J connectivity index is 5.56. The number of rotatable bonds is 13. The molecule has 4 atom stereocenters. The van der Waals surface area contributed by atoms with Crippen molar-refractivity contribution in [3.8, 4) is 0 Å². The van der Waals surface area contributed by atoms with E-state index >= 15 is 0 Å². The molecule has 0 aromatic carbocycles. The van der Waals surface area contributed by atoms with E-state index in [1.807, 2.05) is 53.6 Å². The molecule has 0 saturated heterocycles. The zero-order valence-electron chi connectivity index (χ0n) is 19.2. The van der Waals surface area contributed by atoms with E-state index in [-0.39, 0.29) is 48.3 Å². The smallest absolute Gasteiger partial charge is 0.245 e. The van der Waals surface area contributed by atoms with Crippen LogP contribution < -0.4 is 5.32 Å². The molecule has 164 valence electrons. The monoisotopic (exact) mass is 399 g/mol. The summed E-state index contributed by atoms with van der Waals surface area (Å²) in [5.41, 5.74) is 0. The molecule has 7 nitrogen and oxygen atoms in total. The Hall–Kier alpha value is -1.47. The van der Waals surface area contributed by atoms with Crippen LogP contribution in [0.3, 0.4) is 0 Å². The van der Waals surface area contributed by atoms with Crippen LogP contribution in [0.2, 0.25) is 0 Å². The van der Waals surface area contributed by atoms with Crippen LogP contribution in [0.25, 0.3) is 0 Å². The van der Waals surface area contributed by atoms with Gasteiger partial charge in [0.15, 0.2) is 0 Å². The summed E-state index contributed by atoms with van der Waals surface area (Å²) in [5, 5.41) is 2.96. The molecule has 0 aliphatic carbocycles. The molecule has 4 unspecified atom stereocenters. The molecular formula is C21H41N3O4. The van der Waals surface area contributed by atoms with Crippen LogP contribution in [-0.2, 0) is 19.1 Å². The van der Waals surface area contributed by atoms with Gasteiger partial charge in [0.2, 0.25) is 11.8 Å². The zero-order valence-corrected chi connectivity index (χ0v) is 19.2. The maximum Gasteiger partial charge on any atom is 0.245 e. The molecule has 0 heterocycles. The predicted molar refractivity (Wildman–Crippen MR) is 112 cm³/mol. The zero-order chi connectivity index (χ0) is 22.0. The van der Waals surface area contributed by atoms with Gasteiger partial charge in [-0.05, 0) is 32.4 Å². The van der Waals surface area contributed by atoms with Gasteiger partial charge in [-0.3, -0.25) is 14.5 Å². The fraction of sp³-hybridized carbons (Fsp3) is 0.857. The highest BCUT2D eigenvalue weighted by atomic mass is 16.5. The fourth-order valence-corrected chi connectivity index (χ4v) is 3.70. The van der Waals surface area contributed by atoms with Crippen molar-refractivity contribution in [1.29, 1.82) is 0 Å². The summed E-state index contributed by atoms with van der Waals surface area (Å²) in [6, 6.07) is -1.17. The molecule has 0 aromatic rings. The summed E-state index contributed by atoms with van der Waals surface area (Å²) in [6.07, 6.45) is 2.27. The first kappa shape index (κ1) is 26.5. The lowest BCUT2D eigenvalue weighted by atomic mass is 9.96. The quantitative estimate of drug-likeness (QED) is 0.479. The van der Waals surface area contributed by atoms with Crippen LogP contribution in [0.4, 0.5) is 0 Å². The SMILES string of the molecule is CCCC(C(CC=O)OC)N(C)C(=O)C(NC(=O)C(C(C)C)N(C)C)C(C)C. The molecule has 2 amide bonds. The van der Waals surface area contributed by atoms with Gasteiger partial charge < -0.3 is 19.7 Å². The number of hydrogen-bond acceptors (Lipinski definition) is 5. The van der Waals surface area contributed by atoms with Gasteiger partial charge >= 0.3 is 0 Å². The van der Waals surface area contributed by atoms with Gasteiger partial charge in [0.05, 0.1) is 18.2 Å². The van der Waals surface area contributed by atoms with Crippen molar-refractivity contribution in [2.24, 2.45) is 11.8 Å². The molecule has 0 fully saturated rings. The molecule has 0 spiro atoms. The van der Waals surface area contributed by atoms with E-state index in [1.54, 1.807) is 19.1 Å². The lowest BCUT2D eigenvalue weighted by Crippen LogP contribution is -2.58. The van der Waals surface area contributed by atoms with Crippen molar-refractivity contribution >= 4 is 18.1 Å². The van der Waals surface area contributed by atoms with Crippen LogP contribution in [0.5, 0.6) is 0 Å². The average molecular weight is 400 g/mol. The molecule has 0 aromatic heterocycles. The minimum Gasteiger partial charge on any atom is -0.379 e. The van der Waals surface area contributed by atoms with Crippen molar-refractivity contribution in [3.05, 3.63) is 0 Å². The molecule has 7 heteroatoms. The van der Waals surface area contributed by atoms with E-state index in [9.17, 15) is 14.4 Å². The maximum atomic E-state index is 13.3. The molecule has 0 rings (SSSR count). The highest BCUT2D eigenvalue weighted by Crippen LogP contribution is 2.18. The van der Waals surface area contributed by atoms with Gasteiger partial charge in [-0.2, -0.15) is 0 Å². The second kappa shape index (κ2) is 12.9. The van der Waals surface area contributed by atoms with Gasteiger partial charge in [0, 0.05) is 20.6 Å². The van der Waals surface area contributed by atoms with Gasteiger partial charge in [-0.25, -0.2) is 0 Å². The Morgan fingerprint density at radius 1 is 1.07 bits per heavy atom. The number of carbonyl (C=O) groups is 3. The predicted octanol–water partition coefficient (Wildman–Crippen LogP) is 1.94. The number of nitrogens with one attached hydrogen (secondary N) is 1. The average Bonchev–Trinajstić information content (AvgIpc) is 2.60. The number of ether oxygens (including phenoxy) is 1.